The van der Waals surface area contributed by atoms with E-state index >= 15 is 0 Å². The molecule has 33 heavy (non-hydrogen) atoms. The summed E-state index contributed by atoms with van der Waals surface area (Å²) >= 11 is 8.38. The smallest absolute Gasteiger partial charge is 0.105 e. The van der Waals surface area contributed by atoms with Crippen LogP contribution in [0.5, 0.6) is 0 Å². The summed E-state index contributed by atoms with van der Waals surface area (Å²) in [5.74, 6) is 1.69. The van der Waals surface area contributed by atoms with Crippen molar-refractivity contribution in [2.75, 3.05) is 0 Å². The second-order valence-corrected chi connectivity index (χ2v) is 13.8. The van der Waals surface area contributed by atoms with Crippen LogP contribution in [0.1, 0.15) is 115 Å². The van der Waals surface area contributed by atoms with E-state index in [0.29, 0.717) is 23.7 Å². The second-order valence-electron chi connectivity index (χ2n) is 10.5. The number of nitrogens with zero attached hydrogens (tertiary/aromatic N) is 2. The number of para-hydroxylation sites is 2. The van der Waals surface area contributed by atoms with E-state index in [0.717, 1.165) is 0 Å². The predicted molar refractivity (Wildman–Crippen MR) is 151 cm³/mol. The van der Waals surface area contributed by atoms with Gasteiger partial charge in [0.2, 0.25) is 11.4 Å². The molecule has 0 aromatic heterocycles. The summed E-state index contributed by atoms with van der Waals surface area (Å²) in [7, 11) is 0. The van der Waals surface area contributed by atoms with E-state index in [1.54, 1.807) is 0 Å². The Kier molecular flexibility index (Phi) is 7.80. The molecule has 0 fully saturated rings. The number of hydrogen-bond donors (Lipinski definition) is 0. The molecule has 0 saturated heterocycles. The fourth-order valence-corrected chi connectivity index (χ4v) is 6.74. The maximum absolute atomic E-state index is 4.19. The van der Waals surface area contributed by atoms with Crippen molar-refractivity contribution in [3.05, 3.63) is 58.7 Å². The van der Waals surface area contributed by atoms with Crippen molar-refractivity contribution in [2.24, 2.45) is 0 Å². The maximum atomic E-state index is 4.19. The number of alkyl halides is 2. The van der Waals surface area contributed by atoms with Crippen LogP contribution < -0.4 is 0 Å². The van der Waals surface area contributed by atoms with E-state index in [1.807, 2.05) is 0 Å². The van der Waals surface area contributed by atoms with Crippen molar-refractivity contribution in [2.45, 2.75) is 96.4 Å². The lowest BCUT2D eigenvalue weighted by molar-refractivity contribution is -0.672. The lowest BCUT2D eigenvalue weighted by Gasteiger charge is -2.22. The molecule has 4 heteroatoms. The van der Waals surface area contributed by atoms with Crippen LogP contribution in [0.3, 0.4) is 0 Å². The van der Waals surface area contributed by atoms with E-state index in [2.05, 4.69) is 147 Å². The van der Waals surface area contributed by atoms with Gasteiger partial charge in [0.1, 0.15) is 0 Å². The molecule has 0 aliphatic carbocycles. The van der Waals surface area contributed by atoms with Gasteiger partial charge in [-0.25, -0.2) is 0 Å². The normalized spacial score (nSPS) is 16.4. The number of benzene rings is 2. The molecule has 2 aromatic rings. The third-order valence-electron chi connectivity index (χ3n) is 6.86. The Bertz CT molecular complexity index is 978. The first-order chi connectivity index (χ1) is 15.3. The van der Waals surface area contributed by atoms with Crippen molar-refractivity contribution in [3.8, 4) is 0 Å². The molecule has 0 unspecified atom stereocenters. The van der Waals surface area contributed by atoms with Crippen molar-refractivity contribution in [3.63, 3.8) is 0 Å². The van der Waals surface area contributed by atoms with E-state index in [9.17, 15) is 0 Å². The van der Waals surface area contributed by atoms with Crippen LogP contribution in [0.15, 0.2) is 36.4 Å². The molecule has 3 rings (SSSR count). The van der Waals surface area contributed by atoms with Gasteiger partial charge in [0.05, 0.1) is 31.9 Å². The van der Waals surface area contributed by atoms with Gasteiger partial charge >= 0.3 is 3.48 Å². The van der Waals surface area contributed by atoms with E-state index in [4.69, 9.17) is 0 Å². The minimum absolute atomic E-state index is 0.422. The maximum Gasteiger partial charge on any atom is 0.472 e. The van der Waals surface area contributed by atoms with Crippen molar-refractivity contribution in [1.82, 2.24) is 0 Å². The third kappa shape index (κ3) is 4.55. The summed E-state index contributed by atoms with van der Waals surface area (Å²) < 4.78 is 4.33. The molecule has 0 spiro atoms. The average molecular weight is 576 g/mol. The zero-order valence-electron chi connectivity index (χ0n) is 21.9. The molecule has 0 saturated carbocycles. The molecule has 2 aromatic carbocycles. The van der Waals surface area contributed by atoms with Gasteiger partial charge in [-0.3, -0.25) is 0 Å². The Morgan fingerprint density at radius 1 is 0.545 bits per heavy atom. The van der Waals surface area contributed by atoms with Crippen LogP contribution in [0.25, 0.3) is 0 Å². The molecule has 1 aliphatic rings. The van der Waals surface area contributed by atoms with E-state index < -0.39 is 3.48 Å². The minimum atomic E-state index is -0.600. The highest BCUT2D eigenvalue weighted by Gasteiger charge is 2.60. The lowest BCUT2D eigenvalue weighted by atomic mass is 9.92. The van der Waals surface area contributed by atoms with Gasteiger partial charge in [-0.2, -0.15) is 0 Å². The highest BCUT2D eigenvalue weighted by atomic mass is 79.9. The first-order valence-corrected chi connectivity index (χ1v) is 13.8. The zero-order valence-corrected chi connectivity index (χ0v) is 25.1. The first-order valence-electron chi connectivity index (χ1n) is 12.2. The Labute approximate surface area is 218 Å². The van der Waals surface area contributed by atoms with Gasteiger partial charge in [0.15, 0.2) is 0 Å². The third-order valence-corrected chi connectivity index (χ3v) is 8.28. The molecular weight excluding hydrogens is 536 g/mol. The topological polar surface area (TPSA) is 6.02 Å². The monoisotopic (exact) mass is 574 g/mol. The average Bonchev–Trinajstić information content (AvgIpc) is 2.90. The summed E-state index contributed by atoms with van der Waals surface area (Å²) in [6.07, 6.45) is 0. The van der Waals surface area contributed by atoms with E-state index in [-0.39, 0.29) is 0 Å². The SMILES string of the molecule is CC1=[N+](c2c(C(C)C)cccc2C(C)C)C(Br)(Br)[N+](c2c(C(C)C)cccc2C(C)C)=C1C. The van der Waals surface area contributed by atoms with Crippen LogP contribution in [-0.4, -0.2) is 24.1 Å². The van der Waals surface area contributed by atoms with Crippen molar-refractivity contribution < 1.29 is 9.15 Å². The quantitative estimate of drug-likeness (QED) is 0.184. The van der Waals surface area contributed by atoms with Crippen LogP contribution in [0.2, 0.25) is 0 Å². The van der Waals surface area contributed by atoms with Gasteiger partial charge in [0.25, 0.3) is 11.4 Å². The highest BCUT2D eigenvalue weighted by Crippen LogP contribution is 2.49. The first kappa shape index (κ1) is 26.3. The number of hydrogen-bond acceptors (Lipinski definition) is 0. The molecule has 0 bridgehead atoms. The predicted octanol–water partition coefficient (Wildman–Crippen LogP) is 9.50. The Balaban J connectivity index is 2.38. The van der Waals surface area contributed by atoms with Crippen LogP contribution in [0, 0.1) is 0 Å². The fraction of sp³-hybridized carbons (Fsp3) is 0.517. The molecule has 0 radical (unpaired) electrons. The Morgan fingerprint density at radius 2 is 0.788 bits per heavy atom. The van der Waals surface area contributed by atoms with Crippen molar-refractivity contribution >= 4 is 54.7 Å². The summed E-state index contributed by atoms with van der Waals surface area (Å²) in [4.78, 5) is 0. The molecular formula is C29H40Br2N2+2. The Morgan fingerprint density at radius 3 is 1.00 bits per heavy atom. The van der Waals surface area contributed by atoms with Gasteiger partial charge in [0, 0.05) is 36.1 Å². The second kappa shape index (κ2) is 9.77. The van der Waals surface area contributed by atoms with Crippen LogP contribution in [-0.2, 0) is 0 Å². The summed E-state index contributed by atoms with van der Waals surface area (Å²) in [5, 5.41) is 0. The molecule has 178 valence electrons. The minimum Gasteiger partial charge on any atom is -0.105 e. The summed E-state index contributed by atoms with van der Waals surface area (Å²) in [6, 6.07) is 13.6. The molecule has 1 heterocycles. The van der Waals surface area contributed by atoms with Gasteiger partial charge in [-0.05, 0) is 23.7 Å². The molecule has 0 N–H and O–H groups in total. The molecule has 1 aliphatic heterocycles. The van der Waals surface area contributed by atoms with Crippen molar-refractivity contribution in [1.29, 1.82) is 0 Å². The molecule has 0 atom stereocenters. The van der Waals surface area contributed by atoms with Gasteiger partial charge in [-0.15, -0.1) is 9.15 Å². The van der Waals surface area contributed by atoms with Gasteiger partial charge < -0.3 is 0 Å². The number of halogens is 2. The number of rotatable bonds is 6. The largest absolute Gasteiger partial charge is 0.472 e. The molecule has 0 amide bonds. The Hall–Kier alpha value is -1.26. The van der Waals surface area contributed by atoms with Crippen LogP contribution >= 0.6 is 31.9 Å². The highest BCUT2D eigenvalue weighted by molar-refractivity contribution is 9.25. The van der Waals surface area contributed by atoms with E-state index in [1.165, 1.54) is 45.1 Å². The summed E-state index contributed by atoms with van der Waals surface area (Å²) in [6.45, 7) is 22.8. The lowest BCUT2D eigenvalue weighted by Crippen LogP contribution is -2.35. The molecule has 2 nitrogen and oxygen atoms in total. The van der Waals surface area contributed by atoms with Gasteiger partial charge in [-0.1, -0.05) is 91.8 Å². The zero-order chi connectivity index (χ0) is 24.8. The standard InChI is InChI=1S/C29H40Br2N2/c1-17(2)23-13-11-14-24(18(3)4)27(23)32-21(9)22(10)33(29(32,30)31)28-25(19(5)6)15-12-16-26(28)20(7)8/h11-20H,1-10H3/q+2. The fourth-order valence-electron chi connectivity index (χ4n) is 4.97. The van der Waals surface area contributed by atoms with Crippen LogP contribution in [0.4, 0.5) is 11.4 Å². The summed E-state index contributed by atoms with van der Waals surface area (Å²) in [5.41, 5.74) is 10.6.